The Morgan fingerprint density at radius 3 is 2.63 bits per heavy atom. The number of rotatable bonds is 7. The van der Waals surface area contributed by atoms with E-state index in [9.17, 15) is 14.0 Å². The molecule has 0 spiro atoms. The Hall–Kier alpha value is -3.20. The van der Waals surface area contributed by atoms with Crippen LogP contribution in [0.3, 0.4) is 0 Å². The van der Waals surface area contributed by atoms with Crippen molar-refractivity contribution < 1.29 is 14.0 Å². The van der Waals surface area contributed by atoms with Gasteiger partial charge in [0.1, 0.15) is 5.82 Å². The predicted octanol–water partition coefficient (Wildman–Crippen LogP) is 3.23. The van der Waals surface area contributed by atoms with E-state index < -0.39 is 5.82 Å². The number of aromatic nitrogens is 3. The van der Waals surface area contributed by atoms with E-state index in [0.29, 0.717) is 22.2 Å². The summed E-state index contributed by atoms with van der Waals surface area (Å²) in [5, 5.41) is 14.2. The van der Waals surface area contributed by atoms with Crippen molar-refractivity contribution in [1.29, 1.82) is 0 Å². The summed E-state index contributed by atoms with van der Waals surface area (Å²) in [6.45, 7) is 3.89. The van der Waals surface area contributed by atoms with Crippen LogP contribution >= 0.6 is 11.8 Å². The van der Waals surface area contributed by atoms with E-state index in [1.54, 1.807) is 30.7 Å². The van der Waals surface area contributed by atoms with E-state index in [-0.39, 0.29) is 24.1 Å². The van der Waals surface area contributed by atoms with Gasteiger partial charge in [-0.2, -0.15) is 0 Å². The van der Waals surface area contributed by atoms with Crippen LogP contribution in [0, 0.1) is 19.7 Å². The number of amides is 2. The van der Waals surface area contributed by atoms with Gasteiger partial charge in [0.25, 0.3) is 5.91 Å². The number of aryl methyl sites for hydroxylation is 2. The van der Waals surface area contributed by atoms with Crippen LogP contribution < -0.4 is 10.6 Å². The van der Waals surface area contributed by atoms with Crippen molar-refractivity contribution in [2.24, 2.45) is 7.05 Å². The van der Waals surface area contributed by atoms with Gasteiger partial charge in [0, 0.05) is 18.3 Å². The molecule has 0 fully saturated rings. The zero-order chi connectivity index (χ0) is 21.7. The van der Waals surface area contributed by atoms with Crippen molar-refractivity contribution >= 4 is 29.3 Å². The molecule has 0 bridgehead atoms. The Balaban J connectivity index is 1.55. The van der Waals surface area contributed by atoms with Crippen molar-refractivity contribution in [1.82, 2.24) is 20.1 Å². The van der Waals surface area contributed by atoms with Crippen LogP contribution in [0.5, 0.6) is 0 Å². The average molecular weight is 428 g/mol. The standard InChI is InChI=1S/C21H22FN5O2S/c1-13-6-4-5-7-16(13)20(29)23-11-18-25-26-21(27(18)3)30-12-19(28)24-17-10-15(22)9-8-14(17)2/h4-10H,11-12H2,1-3H3,(H,23,29)(H,24,28). The maximum absolute atomic E-state index is 13.4. The molecule has 0 atom stereocenters. The summed E-state index contributed by atoms with van der Waals surface area (Å²) in [6.07, 6.45) is 0. The topological polar surface area (TPSA) is 88.9 Å². The summed E-state index contributed by atoms with van der Waals surface area (Å²) in [7, 11) is 1.77. The lowest BCUT2D eigenvalue weighted by atomic mass is 10.1. The van der Waals surface area contributed by atoms with Crippen LogP contribution in [-0.4, -0.2) is 32.3 Å². The fourth-order valence-electron chi connectivity index (χ4n) is 2.75. The highest BCUT2D eigenvalue weighted by atomic mass is 32.2. The van der Waals surface area contributed by atoms with Gasteiger partial charge in [0.15, 0.2) is 11.0 Å². The van der Waals surface area contributed by atoms with Crippen LogP contribution in [0.4, 0.5) is 10.1 Å². The van der Waals surface area contributed by atoms with Gasteiger partial charge < -0.3 is 15.2 Å². The largest absolute Gasteiger partial charge is 0.345 e. The molecule has 0 saturated carbocycles. The minimum absolute atomic E-state index is 0.0947. The lowest BCUT2D eigenvalue weighted by molar-refractivity contribution is -0.113. The summed E-state index contributed by atoms with van der Waals surface area (Å²) in [6, 6.07) is 11.6. The molecule has 0 aliphatic carbocycles. The lowest BCUT2D eigenvalue weighted by Crippen LogP contribution is -2.25. The molecule has 0 aliphatic heterocycles. The van der Waals surface area contributed by atoms with Crippen LogP contribution in [0.1, 0.15) is 27.3 Å². The molecule has 156 valence electrons. The van der Waals surface area contributed by atoms with Gasteiger partial charge in [-0.1, -0.05) is 36.0 Å². The molecule has 30 heavy (non-hydrogen) atoms. The third kappa shape index (κ3) is 5.24. The smallest absolute Gasteiger partial charge is 0.251 e. The van der Waals surface area contributed by atoms with Crippen LogP contribution in [0.25, 0.3) is 0 Å². The number of anilines is 1. The Labute approximate surface area is 178 Å². The highest BCUT2D eigenvalue weighted by molar-refractivity contribution is 7.99. The first kappa shape index (κ1) is 21.5. The number of halogens is 1. The third-order valence-corrected chi connectivity index (χ3v) is 5.55. The number of thioether (sulfide) groups is 1. The molecule has 1 heterocycles. The number of hydrogen-bond donors (Lipinski definition) is 2. The number of nitrogens with one attached hydrogen (secondary N) is 2. The molecule has 0 unspecified atom stereocenters. The summed E-state index contributed by atoms with van der Waals surface area (Å²) in [4.78, 5) is 24.5. The Kier molecular flexibility index (Phi) is 6.83. The van der Waals surface area contributed by atoms with Gasteiger partial charge in [-0.15, -0.1) is 10.2 Å². The van der Waals surface area contributed by atoms with Gasteiger partial charge in [-0.05, 0) is 43.2 Å². The van der Waals surface area contributed by atoms with Gasteiger partial charge in [-0.25, -0.2) is 4.39 Å². The average Bonchev–Trinajstić information content (AvgIpc) is 3.07. The number of nitrogens with zero attached hydrogens (tertiary/aromatic N) is 3. The Morgan fingerprint density at radius 2 is 1.87 bits per heavy atom. The number of carbonyl (C=O) groups excluding carboxylic acids is 2. The van der Waals surface area contributed by atoms with Crippen molar-refractivity contribution in [2.75, 3.05) is 11.1 Å². The summed E-state index contributed by atoms with van der Waals surface area (Å²) in [5.41, 5.74) is 2.72. The molecule has 0 saturated heterocycles. The first-order valence-electron chi connectivity index (χ1n) is 9.26. The quantitative estimate of drug-likeness (QED) is 0.565. The second-order valence-corrected chi connectivity index (χ2v) is 7.69. The van der Waals surface area contributed by atoms with E-state index in [1.165, 1.54) is 23.9 Å². The molecule has 3 aromatic rings. The summed E-state index contributed by atoms with van der Waals surface area (Å²) < 4.78 is 15.1. The second kappa shape index (κ2) is 9.53. The van der Waals surface area contributed by atoms with E-state index in [1.807, 2.05) is 25.1 Å². The highest BCUT2D eigenvalue weighted by Gasteiger charge is 2.14. The van der Waals surface area contributed by atoms with Crippen LogP contribution in [0.15, 0.2) is 47.6 Å². The number of hydrogen-bond acceptors (Lipinski definition) is 5. The van der Waals surface area contributed by atoms with E-state index >= 15 is 0 Å². The maximum atomic E-state index is 13.4. The lowest BCUT2D eigenvalue weighted by Gasteiger charge is -2.09. The molecule has 3 rings (SSSR count). The van der Waals surface area contributed by atoms with Crippen molar-refractivity contribution in [2.45, 2.75) is 25.5 Å². The molecule has 9 heteroatoms. The van der Waals surface area contributed by atoms with E-state index in [0.717, 1.165) is 11.1 Å². The molecule has 7 nitrogen and oxygen atoms in total. The Bertz CT molecular complexity index is 1080. The number of carbonyl (C=O) groups is 2. The summed E-state index contributed by atoms with van der Waals surface area (Å²) >= 11 is 1.21. The van der Waals surface area contributed by atoms with Crippen molar-refractivity contribution in [3.63, 3.8) is 0 Å². The van der Waals surface area contributed by atoms with E-state index in [2.05, 4.69) is 20.8 Å². The molecule has 2 N–H and O–H groups in total. The second-order valence-electron chi connectivity index (χ2n) is 6.75. The molecule has 0 radical (unpaired) electrons. The monoisotopic (exact) mass is 427 g/mol. The fraction of sp³-hybridized carbons (Fsp3) is 0.238. The fourth-order valence-corrected chi connectivity index (χ4v) is 3.48. The molecule has 0 aliphatic rings. The molecule has 2 aromatic carbocycles. The highest BCUT2D eigenvalue weighted by Crippen LogP contribution is 2.19. The molecule has 1 aromatic heterocycles. The third-order valence-electron chi connectivity index (χ3n) is 4.53. The summed E-state index contributed by atoms with van der Waals surface area (Å²) in [5.74, 6) is -0.200. The minimum Gasteiger partial charge on any atom is -0.345 e. The normalized spacial score (nSPS) is 10.7. The van der Waals surface area contributed by atoms with Gasteiger partial charge in [0.05, 0.1) is 12.3 Å². The van der Waals surface area contributed by atoms with Gasteiger partial charge >= 0.3 is 0 Å². The zero-order valence-electron chi connectivity index (χ0n) is 16.9. The first-order valence-corrected chi connectivity index (χ1v) is 10.2. The van der Waals surface area contributed by atoms with Crippen LogP contribution in [-0.2, 0) is 18.4 Å². The van der Waals surface area contributed by atoms with Gasteiger partial charge in [-0.3, -0.25) is 9.59 Å². The molecular formula is C21H22FN5O2S. The molecular weight excluding hydrogens is 405 g/mol. The van der Waals surface area contributed by atoms with Crippen molar-refractivity contribution in [3.05, 3.63) is 70.8 Å². The SMILES string of the molecule is Cc1ccc(F)cc1NC(=O)CSc1nnc(CNC(=O)c2ccccc2C)n1C. The Morgan fingerprint density at radius 1 is 1.10 bits per heavy atom. The first-order chi connectivity index (χ1) is 14.3. The number of benzene rings is 2. The minimum atomic E-state index is -0.408. The van der Waals surface area contributed by atoms with Crippen LogP contribution in [0.2, 0.25) is 0 Å². The molecule has 2 amide bonds. The predicted molar refractivity (Wildman–Crippen MR) is 114 cm³/mol. The van der Waals surface area contributed by atoms with Gasteiger partial charge in [0.2, 0.25) is 5.91 Å². The van der Waals surface area contributed by atoms with E-state index in [4.69, 9.17) is 0 Å². The van der Waals surface area contributed by atoms with Crippen molar-refractivity contribution in [3.8, 4) is 0 Å². The maximum Gasteiger partial charge on any atom is 0.251 e. The zero-order valence-corrected chi connectivity index (χ0v) is 17.7.